The van der Waals surface area contributed by atoms with Crippen LogP contribution >= 0.6 is 0 Å². The van der Waals surface area contributed by atoms with E-state index in [0.717, 1.165) is 30.1 Å². The fourth-order valence-electron chi connectivity index (χ4n) is 4.80. The Balaban J connectivity index is 1.58. The molecule has 2 aromatic carbocycles. The van der Waals surface area contributed by atoms with Crippen LogP contribution in [0, 0.1) is 0 Å². The Kier molecular flexibility index (Phi) is 5.71. The number of aromatic nitrogens is 2. The number of pyridine rings is 1. The summed E-state index contributed by atoms with van der Waals surface area (Å²) in [5.41, 5.74) is 15.7. The first kappa shape index (κ1) is 20.8. The second-order valence-corrected chi connectivity index (χ2v) is 9.27. The van der Waals surface area contributed by atoms with E-state index in [9.17, 15) is 0 Å². The molecule has 0 saturated heterocycles. The Labute approximate surface area is 190 Å². The van der Waals surface area contributed by atoms with E-state index in [1.165, 1.54) is 53.6 Å². The first-order chi connectivity index (χ1) is 15.6. The molecule has 0 aliphatic heterocycles. The highest BCUT2D eigenvalue weighted by atomic mass is 15.2. The molecule has 0 amide bonds. The van der Waals surface area contributed by atoms with Gasteiger partial charge in [-0.3, -0.25) is 4.90 Å². The quantitative estimate of drug-likeness (QED) is 0.421. The lowest BCUT2D eigenvalue weighted by Gasteiger charge is -2.27. The van der Waals surface area contributed by atoms with E-state index in [1.807, 2.05) is 18.3 Å². The molecule has 0 fully saturated rings. The normalized spacial score (nSPS) is 13.8. The molecule has 5 rings (SSSR count). The van der Waals surface area contributed by atoms with Crippen molar-refractivity contribution in [3.05, 3.63) is 89.2 Å². The standard InChI is InChI=1S/C28H32N4/c1-20(2)31(17-21-8-4-3-5-9-21)19-26-28(30-27-15-14-25(29)18-32(26)27)24-13-12-22-10-6-7-11-23(22)16-24/h3-5,8-9,12-16,18,20H,6-7,10-11,17,19,29H2,1-2H3. The predicted octanol–water partition coefficient (Wildman–Crippen LogP) is 5.87. The van der Waals surface area contributed by atoms with E-state index >= 15 is 0 Å². The number of imidazole rings is 1. The van der Waals surface area contributed by atoms with Crippen LogP contribution in [0.5, 0.6) is 0 Å². The predicted molar refractivity (Wildman–Crippen MR) is 133 cm³/mol. The lowest BCUT2D eigenvalue weighted by molar-refractivity contribution is 0.201. The third-order valence-electron chi connectivity index (χ3n) is 6.67. The minimum atomic E-state index is 0.401. The van der Waals surface area contributed by atoms with Gasteiger partial charge in [-0.15, -0.1) is 0 Å². The second-order valence-electron chi connectivity index (χ2n) is 9.27. The number of benzene rings is 2. The Morgan fingerprint density at radius 3 is 2.50 bits per heavy atom. The molecule has 2 N–H and O–H groups in total. The Hall–Kier alpha value is -3.11. The average Bonchev–Trinajstić information content (AvgIpc) is 3.16. The van der Waals surface area contributed by atoms with Gasteiger partial charge in [0.1, 0.15) is 5.65 Å². The van der Waals surface area contributed by atoms with Crippen molar-refractivity contribution in [1.82, 2.24) is 14.3 Å². The molecule has 0 atom stereocenters. The molecule has 32 heavy (non-hydrogen) atoms. The highest BCUT2D eigenvalue weighted by Gasteiger charge is 2.20. The summed E-state index contributed by atoms with van der Waals surface area (Å²) in [7, 11) is 0. The number of anilines is 1. The lowest BCUT2D eigenvalue weighted by Crippen LogP contribution is -2.30. The molecule has 1 aliphatic carbocycles. The zero-order valence-electron chi connectivity index (χ0n) is 19.1. The molecule has 0 unspecified atom stereocenters. The molecular formula is C28H32N4. The maximum absolute atomic E-state index is 6.18. The fraction of sp³-hybridized carbons (Fsp3) is 0.321. The van der Waals surface area contributed by atoms with E-state index < -0.39 is 0 Å². The smallest absolute Gasteiger partial charge is 0.137 e. The van der Waals surface area contributed by atoms with Crippen molar-refractivity contribution >= 4 is 11.3 Å². The van der Waals surface area contributed by atoms with E-state index in [1.54, 1.807) is 0 Å². The summed E-state index contributed by atoms with van der Waals surface area (Å²) < 4.78 is 2.19. The number of nitrogens with two attached hydrogens (primary N) is 1. The SMILES string of the molecule is CC(C)N(Cc1ccccc1)Cc1c(-c2ccc3c(c2)CCCC3)nc2ccc(N)cn12. The van der Waals surface area contributed by atoms with Gasteiger partial charge in [0.15, 0.2) is 0 Å². The number of aryl methyl sites for hydroxylation is 2. The second kappa shape index (κ2) is 8.79. The van der Waals surface area contributed by atoms with Gasteiger partial charge in [-0.05, 0) is 74.4 Å². The summed E-state index contributed by atoms with van der Waals surface area (Å²) in [4.78, 5) is 7.58. The summed E-state index contributed by atoms with van der Waals surface area (Å²) in [6, 6.07) is 22.0. The highest BCUT2D eigenvalue weighted by molar-refractivity contribution is 5.68. The Morgan fingerprint density at radius 2 is 1.72 bits per heavy atom. The van der Waals surface area contributed by atoms with Gasteiger partial charge < -0.3 is 10.1 Å². The first-order valence-corrected chi connectivity index (χ1v) is 11.7. The maximum atomic E-state index is 6.18. The van der Waals surface area contributed by atoms with E-state index in [-0.39, 0.29) is 0 Å². The largest absolute Gasteiger partial charge is 0.398 e. The summed E-state index contributed by atoms with van der Waals surface area (Å²) >= 11 is 0. The average molecular weight is 425 g/mol. The third-order valence-corrected chi connectivity index (χ3v) is 6.67. The number of hydrogen-bond acceptors (Lipinski definition) is 3. The van der Waals surface area contributed by atoms with Gasteiger partial charge >= 0.3 is 0 Å². The van der Waals surface area contributed by atoms with Crippen LogP contribution in [-0.2, 0) is 25.9 Å². The van der Waals surface area contributed by atoms with Crippen molar-refractivity contribution < 1.29 is 0 Å². The number of hydrogen-bond donors (Lipinski definition) is 1. The first-order valence-electron chi connectivity index (χ1n) is 11.7. The van der Waals surface area contributed by atoms with E-state index in [2.05, 4.69) is 71.7 Å². The van der Waals surface area contributed by atoms with Crippen molar-refractivity contribution in [3.8, 4) is 11.3 Å². The molecule has 0 radical (unpaired) electrons. The minimum absolute atomic E-state index is 0.401. The lowest BCUT2D eigenvalue weighted by atomic mass is 9.90. The molecule has 4 nitrogen and oxygen atoms in total. The highest BCUT2D eigenvalue weighted by Crippen LogP contribution is 2.31. The van der Waals surface area contributed by atoms with Crippen molar-refractivity contribution in [3.63, 3.8) is 0 Å². The van der Waals surface area contributed by atoms with Gasteiger partial charge in [0.05, 0.1) is 11.4 Å². The molecule has 4 heteroatoms. The molecule has 1 aliphatic rings. The fourth-order valence-corrected chi connectivity index (χ4v) is 4.80. The van der Waals surface area contributed by atoms with Crippen LogP contribution in [0.15, 0.2) is 66.9 Å². The topological polar surface area (TPSA) is 46.6 Å². The van der Waals surface area contributed by atoms with Gasteiger partial charge in [0.25, 0.3) is 0 Å². The Morgan fingerprint density at radius 1 is 0.938 bits per heavy atom. The zero-order chi connectivity index (χ0) is 22.1. The van der Waals surface area contributed by atoms with Crippen LogP contribution in [0.25, 0.3) is 16.9 Å². The molecule has 2 aromatic heterocycles. The number of rotatable bonds is 6. The van der Waals surface area contributed by atoms with Crippen molar-refractivity contribution in [2.75, 3.05) is 5.73 Å². The van der Waals surface area contributed by atoms with Gasteiger partial charge in [0.2, 0.25) is 0 Å². The van der Waals surface area contributed by atoms with Crippen molar-refractivity contribution in [2.45, 2.75) is 58.7 Å². The molecule has 4 aromatic rings. The van der Waals surface area contributed by atoms with Gasteiger partial charge in [-0.2, -0.15) is 0 Å². The molecule has 0 spiro atoms. The monoisotopic (exact) mass is 424 g/mol. The van der Waals surface area contributed by atoms with Crippen LogP contribution < -0.4 is 5.73 Å². The molecule has 0 bridgehead atoms. The van der Waals surface area contributed by atoms with E-state index in [4.69, 9.17) is 10.7 Å². The van der Waals surface area contributed by atoms with Crippen molar-refractivity contribution in [1.29, 1.82) is 0 Å². The van der Waals surface area contributed by atoms with Crippen LogP contribution in [0.2, 0.25) is 0 Å². The van der Waals surface area contributed by atoms with Crippen LogP contribution in [-0.4, -0.2) is 20.3 Å². The van der Waals surface area contributed by atoms with Crippen LogP contribution in [0.1, 0.15) is 49.1 Å². The molecule has 2 heterocycles. The summed E-state index contributed by atoms with van der Waals surface area (Å²) in [5.74, 6) is 0. The minimum Gasteiger partial charge on any atom is -0.398 e. The van der Waals surface area contributed by atoms with Gasteiger partial charge in [-0.25, -0.2) is 4.98 Å². The number of fused-ring (bicyclic) bond motifs is 2. The summed E-state index contributed by atoms with van der Waals surface area (Å²) in [6.45, 7) is 6.24. The summed E-state index contributed by atoms with van der Waals surface area (Å²) in [6.07, 6.45) is 6.96. The van der Waals surface area contributed by atoms with E-state index in [0.29, 0.717) is 6.04 Å². The summed E-state index contributed by atoms with van der Waals surface area (Å²) in [5, 5.41) is 0. The third kappa shape index (κ3) is 4.15. The zero-order valence-corrected chi connectivity index (χ0v) is 19.1. The molecule has 0 saturated carbocycles. The van der Waals surface area contributed by atoms with Crippen molar-refractivity contribution in [2.24, 2.45) is 0 Å². The Bertz CT molecular complexity index is 1220. The van der Waals surface area contributed by atoms with Gasteiger partial charge in [-0.1, -0.05) is 42.5 Å². The maximum Gasteiger partial charge on any atom is 0.137 e. The van der Waals surface area contributed by atoms with Crippen LogP contribution in [0.4, 0.5) is 5.69 Å². The van der Waals surface area contributed by atoms with Crippen LogP contribution in [0.3, 0.4) is 0 Å². The van der Waals surface area contributed by atoms with Gasteiger partial charge in [0, 0.05) is 36.6 Å². The number of nitrogens with zero attached hydrogens (tertiary/aromatic N) is 3. The number of nitrogen functional groups attached to an aromatic ring is 1. The molecular weight excluding hydrogens is 392 g/mol. The molecule has 164 valence electrons.